The van der Waals surface area contributed by atoms with Gasteiger partial charge in [0.1, 0.15) is 5.75 Å². The summed E-state index contributed by atoms with van der Waals surface area (Å²) in [5.74, 6) is 1.44. The molecule has 0 aliphatic heterocycles. The molecule has 2 aliphatic rings. The van der Waals surface area contributed by atoms with Gasteiger partial charge in [0.2, 0.25) is 0 Å². The Hall–Kier alpha value is -1.66. The molecule has 33 heavy (non-hydrogen) atoms. The van der Waals surface area contributed by atoms with Crippen LogP contribution < -0.4 is 4.74 Å². The summed E-state index contributed by atoms with van der Waals surface area (Å²) in [7, 11) is 0. The van der Waals surface area contributed by atoms with E-state index in [-0.39, 0.29) is 43.7 Å². The first-order chi connectivity index (χ1) is 15.9. The number of esters is 1. The van der Waals surface area contributed by atoms with E-state index in [1.54, 1.807) is 0 Å². The summed E-state index contributed by atoms with van der Waals surface area (Å²) in [6.07, 6.45) is 6.99. The zero-order valence-corrected chi connectivity index (χ0v) is 20.2. The fourth-order valence-electron chi connectivity index (χ4n) is 6.02. The third-order valence-corrected chi connectivity index (χ3v) is 7.57. The highest BCUT2D eigenvalue weighted by Crippen LogP contribution is 2.50. The summed E-state index contributed by atoms with van der Waals surface area (Å²) >= 11 is 0. The van der Waals surface area contributed by atoms with E-state index in [0.29, 0.717) is 17.6 Å². The molecule has 2 aliphatic carbocycles. The SMILES string of the molecule is CCCCC[C@H](O)C[C@H](C)[C@@H]1[C@H]2Cc3cccc(OCC(=O)OCCCF)c3C[C@H]2C[C@H]1O. The Kier molecular flexibility index (Phi) is 9.99. The van der Waals surface area contributed by atoms with Crippen LogP contribution in [-0.4, -0.2) is 48.3 Å². The van der Waals surface area contributed by atoms with Crippen LogP contribution in [0.3, 0.4) is 0 Å². The fourth-order valence-corrected chi connectivity index (χ4v) is 6.02. The van der Waals surface area contributed by atoms with Gasteiger partial charge < -0.3 is 19.7 Å². The molecule has 0 saturated heterocycles. The van der Waals surface area contributed by atoms with Crippen molar-refractivity contribution in [2.24, 2.45) is 23.7 Å². The smallest absolute Gasteiger partial charge is 0.344 e. The molecule has 0 aromatic heterocycles. The first-order valence-electron chi connectivity index (χ1n) is 12.8. The van der Waals surface area contributed by atoms with Crippen molar-refractivity contribution >= 4 is 5.97 Å². The van der Waals surface area contributed by atoms with E-state index in [2.05, 4.69) is 19.9 Å². The van der Waals surface area contributed by atoms with Crippen LogP contribution >= 0.6 is 0 Å². The van der Waals surface area contributed by atoms with Crippen molar-refractivity contribution < 1.29 is 28.9 Å². The molecular formula is C27H41FO5. The lowest BCUT2D eigenvalue weighted by Gasteiger charge is -2.35. The van der Waals surface area contributed by atoms with E-state index < -0.39 is 12.6 Å². The average molecular weight is 465 g/mol. The number of fused-ring (bicyclic) bond motifs is 2. The van der Waals surface area contributed by atoms with Gasteiger partial charge in [-0.15, -0.1) is 0 Å². The van der Waals surface area contributed by atoms with Gasteiger partial charge in [-0.1, -0.05) is 45.2 Å². The van der Waals surface area contributed by atoms with Crippen LogP contribution in [0.4, 0.5) is 4.39 Å². The minimum absolute atomic E-state index is 0.0696. The number of unbranched alkanes of at least 4 members (excludes halogenated alkanes) is 2. The second-order valence-electron chi connectivity index (χ2n) is 10.0. The van der Waals surface area contributed by atoms with Crippen molar-refractivity contribution in [1.82, 2.24) is 0 Å². The number of carbonyl (C=O) groups excluding carboxylic acids is 1. The third kappa shape index (κ3) is 6.92. The van der Waals surface area contributed by atoms with Crippen LogP contribution in [0.5, 0.6) is 5.75 Å². The number of alkyl halides is 1. The molecule has 0 radical (unpaired) electrons. The zero-order valence-electron chi connectivity index (χ0n) is 20.2. The summed E-state index contributed by atoms with van der Waals surface area (Å²) in [5, 5.41) is 21.4. The minimum atomic E-state index is -0.508. The molecule has 0 unspecified atom stereocenters. The quantitative estimate of drug-likeness (QED) is 0.328. The molecule has 1 aromatic rings. The van der Waals surface area contributed by atoms with Crippen molar-refractivity contribution in [2.75, 3.05) is 19.9 Å². The molecule has 2 N–H and O–H groups in total. The fraction of sp³-hybridized carbons (Fsp3) is 0.741. The van der Waals surface area contributed by atoms with E-state index in [9.17, 15) is 19.4 Å². The standard InChI is InChI=1S/C27H41FO5/c1-3-4-5-9-21(29)13-18(2)27-23-14-19-8-6-10-25(22(19)15-20(23)16-24(27)30)33-17-26(31)32-12-7-11-28/h6,8,10,18,20-21,23-24,27,29-30H,3-5,7,9,11-17H2,1-2H3/t18-,20-,21-,23-,24+,27+/m0/s1. The lowest BCUT2D eigenvalue weighted by Crippen LogP contribution is -2.33. The van der Waals surface area contributed by atoms with Crippen LogP contribution in [0.25, 0.3) is 0 Å². The Balaban J connectivity index is 1.61. The Morgan fingerprint density at radius 3 is 2.82 bits per heavy atom. The summed E-state index contributed by atoms with van der Waals surface area (Å²) in [5.41, 5.74) is 2.34. The van der Waals surface area contributed by atoms with Crippen molar-refractivity contribution in [2.45, 2.75) is 83.8 Å². The number of hydrogen-bond acceptors (Lipinski definition) is 5. The summed E-state index contributed by atoms with van der Waals surface area (Å²) in [6, 6.07) is 5.94. The highest BCUT2D eigenvalue weighted by molar-refractivity contribution is 5.71. The van der Waals surface area contributed by atoms with Gasteiger partial charge in [-0.2, -0.15) is 0 Å². The van der Waals surface area contributed by atoms with E-state index in [1.807, 2.05) is 12.1 Å². The summed E-state index contributed by atoms with van der Waals surface area (Å²) in [6.45, 7) is 3.73. The van der Waals surface area contributed by atoms with E-state index in [0.717, 1.165) is 56.9 Å². The number of benzene rings is 1. The maximum absolute atomic E-state index is 12.2. The van der Waals surface area contributed by atoms with Crippen LogP contribution in [0.15, 0.2) is 18.2 Å². The third-order valence-electron chi connectivity index (χ3n) is 7.57. The van der Waals surface area contributed by atoms with Gasteiger partial charge in [0.05, 0.1) is 25.5 Å². The first kappa shape index (κ1) is 26.0. The molecule has 0 bridgehead atoms. The molecule has 0 spiro atoms. The predicted molar refractivity (Wildman–Crippen MR) is 126 cm³/mol. The van der Waals surface area contributed by atoms with Gasteiger partial charge in [-0.05, 0) is 73.0 Å². The molecule has 1 aromatic carbocycles. The summed E-state index contributed by atoms with van der Waals surface area (Å²) in [4.78, 5) is 11.9. The molecule has 6 atom stereocenters. The van der Waals surface area contributed by atoms with Gasteiger partial charge in [0.15, 0.2) is 6.61 Å². The molecule has 1 saturated carbocycles. The molecule has 0 heterocycles. The van der Waals surface area contributed by atoms with Crippen molar-refractivity contribution in [1.29, 1.82) is 0 Å². The second kappa shape index (κ2) is 12.7. The minimum Gasteiger partial charge on any atom is -0.482 e. The van der Waals surface area contributed by atoms with Gasteiger partial charge in [0.25, 0.3) is 0 Å². The molecule has 3 rings (SSSR count). The molecule has 5 nitrogen and oxygen atoms in total. The first-order valence-corrected chi connectivity index (χ1v) is 12.8. The highest BCUT2D eigenvalue weighted by Gasteiger charge is 2.47. The number of carbonyl (C=O) groups is 1. The number of aliphatic hydroxyl groups is 2. The molecule has 186 valence electrons. The van der Waals surface area contributed by atoms with Gasteiger partial charge in [-0.25, -0.2) is 4.79 Å². The van der Waals surface area contributed by atoms with Crippen molar-refractivity contribution in [3.8, 4) is 5.75 Å². The largest absolute Gasteiger partial charge is 0.482 e. The Labute approximate surface area is 197 Å². The van der Waals surface area contributed by atoms with Gasteiger partial charge in [-0.3, -0.25) is 4.39 Å². The molecule has 0 amide bonds. The number of hydrogen-bond donors (Lipinski definition) is 2. The number of ether oxygens (including phenoxy) is 2. The molecule has 1 fully saturated rings. The average Bonchev–Trinajstić information content (AvgIpc) is 3.11. The lowest BCUT2D eigenvalue weighted by molar-refractivity contribution is -0.146. The van der Waals surface area contributed by atoms with Crippen LogP contribution in [0.1, 0.15) is 69.9 Å². The normalized spacial score (nSPS) is 25.7. The van der Waals surface area contributed by atoms with E-state index >= 15 is 0 Å². The van der Waals surface area contributed by atoms with Crippen LogP contribution in [-0.2, 0) is 22.4 Å². The van der Waals surface area contributed by atoms with Crippen LogP contribution in [0.2, 0.25) is 0 Å². The molecule has 6 heteroatoms. The number of halogens is 1. The number of aliphatic hydroxyl groups excluding tert-OH is 2. The second-order valence-corrected chi connectivity index (χ2v) is 10.0. The molecular weight excluding hydrogens is 423 g/mol. The number of rotatable bonds is 13. The van der Waals surface area contributed by atoms with E-state index in [1.165, 1.54) is 5.56 Å². The highest BCUT2D eigenvalue weighted by atomic mass is 19.1. The maximum atomic E-state index is 12.2. The van der Waals surface area contributed by atoms with Gasteiger partial charge >= 0.3 is 5.97 Å². The van der Waals surface area contributed by atoms with Crippen LogP contribution in [0, 0.1) is 23.7 Å². The topological polar surface area (TPSA) is 76.0 Å². The lowest BCUT2D eigenvalue weighted by atomic mass is 9.70. The monoisotopic (exact) mass is 464 g/mol. The van der Waals surface area contributed by atoms with Crippen molar-refractivity contribution in [3.63, 3.8) is 0 Å². The van der Waals surface area contributed by atoms with Crippen molar-refractivity contribution in [3.05, 3.63) is 29.3 Å². The zero-order chi connectivity index (χ0) is 23.8. The van der Waals surface area contributed by atoms with Gasteiger partial charge in [0, 0.05) is 6.42 Å². The maximum Gasteiger partial charge on any atom is 0.344 e. The Bertz CT molecular complexity index is 754. The predicted octanol–water partition coefficient (Wildman–Crippen LogP) is 4.65. The Morgan fingerprint density at radius 1 is 1.24 bits per heavy atom. The van der Waals surface area contributed by atoms with E-state index in [4.69, 9.17) is 9.47 Å². The Morgan fingerprint density at radius 2 is 2.06 bits per heavy atom. The summed E-state index contributed by atoms with van der Waals surface area (Å²) < 4.78 is 22.9.